The standard InChI is InChI=1S/C20H20BrN5O2.C2HF3O2/c21-15-3-1-12(2-4-15)18(22)20(28)26-8-7-13(11-26)19(27)24-16-5-6-17-14(9-16)10-23-25-17;3-2(4,5)1(6)7/h1-6,9-10,13,18H,7-8,11,22H2,(H,23,25)(H,24,27);(H,6,7)/t13-,18?;/m0./s1. The van der Waals surface area contributed by atoms with Crippen LogP contribution in [0.1, 0.15) is 18.0 Å². The second-order valence-electron chi connectivity index (χ2n) is 7.76. The molecule has 1 fully saturated rings. The van der Waals surface area contributed by atoms with Gasteiger partial charge < -0.3 is 21.1 Å². The quantitative estimate of drug-likeness (QED) is 0.388. The Hall–Kier alpha value is -3.45. The highest BCUT2D eigenvalue weighted by atomic mass is 79.9. The number of carboxylic acids is 1. The Kier molecular flexibility index (Phi) is 8.12. The zero-order chi connectivity index (χ0) is 25.8. The van der Waals surface area contributed by atoms with E-state index < -0.39 is 18.2 Å². The Morgan fingerprint density at radius 3 is 2.49 bits per heavy atom. The highest BCUT2D eigenvalue weighted by Crippen LogP contribution is 2.24. The van der Waals surface area contributed by atoms with E-state index in [0.29, 0.717) is 19.5 Å². The summed E-state index contributed by atoms with van der Waals surface area (Å²) in [5.41, 5.74) is 8.53. The molecule has 9 nitrogen and oxygen atoms in total. The van der Waals surface area contributed by atoms with E-state index in [0.717, 1.165) is 26.6 Å². The van der Waals surface area contributed by atoms with Crippen molar-refractivity contribution in [1.82, 2.24) is 15.1 Å². The molecular formula is C22H21BrF3N5O4. The molecule has 1 unspecified atom stereocenters. The number of nitrogens with two attached hydrogens (primary N) is 1. The topological polar surface area (TPSA) is 141 Å². The Morgan fingerprint density at radius 2 is 1.86 bits per heavy atom. The summed E-state index contributed by atoms with van der Waals surface area (Å²) in [4.78, 5) is 35.9. The Labute approximate surface area is 205 Å². The van der Waals surface area contributed by atoms with E-state index in [1.54, 1.807) is 11.1 Å². The van der Waals surface area contributed by atoms with E-state index in [2.05, 4.69) is 31.4 Å². The molecule has 0 bridgehead atoms. The van der Waals surface area contributed by atoms with Gasteiger partial charge in [-0.2, -0.15) is 18.3 Å². The zero-order valence-corrected chi connectivity index (χ0v) is 19.6. The second-order valence-corrected chi connectivity index (χ2v) is 8.68. The average Bonchev–Trinajstić information content (AvgIpc) is 3.48. The monoisotopic (exact) mass is 555 g/mol. The lowest BCUT2D eigenvalue weighted by molar-refractivity contribution is -0.192. The third-order valence-electron chi connectivity index (χ3n) is 5.32. The predicted molar refractivity (Wildman–Crippen MR) is 124 cm³/mol. The first-order chi connectivity index (χ1) is 16.5. The van der Waals surface area contributed by atoms with Crippen LogP contribution in [0, 0.1) is 5.92 Å². The van der Waals surface area contributed by atoms with E-state index in [1.165, 1.54) is 0 Å². The fraction of sp³-hybridized carbons (Fsp3) is 0.273. The number of nitrogens with one attached hydrogen (secondary N) is 2. The predicted octanol–water partition coefficient (Wildman–Crippen LogP) is 3.45. The number of amides is 2. The fourth-order valence-corrected chi connectivity index (χ4v) is 3.71. The first-order valence-electron chi connectivity index (χ1n) is 10.3. The summed E-state index contributed by atoms with van der Waals surface area (Å²) >= 11 is 3.37. The molecule has 13 heteroatoms. The van der Waals surface area contributed by atoms with E-state index in [4.69, 9.17) is 15.6 Å². The first kappa shape index (κ1) is 26.2. The van der Waals surface area contributed by atoms with Gasteiger partial charge in [-0.3, -0.25) is 14.7 Å². The largest absolute Gasteiger partial charge is 0.490 e. The van der Waals surface area contributed by atoms with Gasteiger partial charge >= 0.3 is 12.1 Å². The van der Waals surface area contributed by atoms with Gasteiger partial charge in [-0.15, -0.1) is 0 Å². The number of carboxylic acid groups (broad SMARTS) is 1. The van der Waals surface area contributed by atoms with Gasteiger partial charge in [0.15, 0.2) is 0 Å². The van der Waals surface area contributed by atoms with E-state index in [-0.39, 0.29) is 17.7 Å². The number of likely N-dealkylation sites (tertiary alicyclic amines) is 1. The maximum atomic E-state index is 12.7. The highest BCUT2D eigenvalue weighted by Gasteiger charge is 2.38. The van der Waals surface area contributed by atoms with Crippen LogP contribution in [-0.4, -0.2) is 57.3 Å². The van der Waals surface area contributed by atoms with Gasteiger partial charge in [0, 0.05) is 28.6 Å². The minimum absolute atomic E-state index is 0.0876. The van der Waals surface area contributed by atoms with Crippen molar-refractivity contribution in [3.63, 3.8) is 0 Å². The number of anilines is 1. The van der Waals surface area contributed by atoms with Crippen molar-refractivity contribution in [1.29, 1.82) is 0 Å². The molecular weight excluding hydrogens is 535 g/mol. The van der Waals surface area contributed by atoms with Crippen LogP contribution in [0.15, 0.2) is 53.1 Å². The lowest BCUT2D eigenvalue weighted by Crippen LogP contribution is -2.38. The molecule has 5 N–H and O–H groups in total. The molecule has 0 aliphatic carbocycles. The van der Waals surface area contributed by atoms with E-state index >= 15 is 0 Å². The lowest BCUT2D eigenvalue weighted by Gasteiger charge is -2.21. The van der Waals surface area contributed by atoms with Gasteiger partial charge in [0.05, 0.1) is 17.6 Å². The number of benzene rings is 2. The van der Waals surface area contributed by atoms with Crippen LogP contribution >= 0.6 is 15.9 Å². The van der Waals surface area contributed by atoms with Crippen LogP contribution in [0.25, 0.3) is 10.9 Å². The third kappa shape index (κ3) is 6.79. The summed E-state index contributed by atoms with van der Waals surface area (Å²) in [7, 11) is 0. The molecule has 1 aromatic heterocycles. The molecule has 2 atom stereocenters. The van der Waals surface area contributed by atoms with E-state index in [9.17, 15) is 22.8 Å². The summed E-state index contributed by atoms with van der Waals surface area (Å²) < 4.78 is 32.7. The van der Waals surface area contributed by atoms with Gasteiger partial charge in [0.2, 0.25) is 11.8 Å². The molecule has 1 saturated heterocycles. The minimum Gasteiger partial charge on any atom is -0.475 e. The van der Waals surface area contributed by atoms with Crippen molar-refractivity contribution < 1.29 is 32.7 Å². The maximum Gasteiger partial charge on any atom is 0.490 e. The van der Waals surface area contributed by atoms with Crippen molar-refractivity contribution in [2.75, 3.05) is 18.4 Å². The van der Waals surface area contributed by atoms with Crippen molar-refractivity contribution in [3.8, 4) is 0 Å². The molecule has 35 heavy (non-hydrogen) atoms. The number of halogens is 4. The molecule has 186 valence electrons. The van der Waals surface area contributed by atoms with Crippen molar-refractivity contribution in [2.24, 2.45) is 11.7 Å². The molecule has 2 heterocycles. The molecule has 2 aromatic carbocycles. The number of rotatable bonds is 4. The number of hydrogen-bond acceptors (Lipinski definition) is 5. The first-order valence-corrected chi connectivity index (χ1v) is 11.1. The summed E-state index contributed by atoms with van der Waals surface area (Å²) in [6, 6.07) is 12.2. The van der Waals surface area contributed by atoms with Crippen molar-refractivity contribution >= 4 is 50.3 Å². The number of nitrogens with zero attached hydrogens (tertiary/aromatic N) is 2. The van der Waals surface area contributed by atoms with Crippen molar-refractivity contribution in [2.45, 2.75) is 18.6 Å². The van der Waals surface area contributed by atoms with Crippen LogP contribution in [0.4, 0.5) is 18.9 Å². The molecule has 1 aliphatic rings. The Balaban J connectivity index is 0.000000429. The van der Waals surface area contributed by atoms with Crippen LogP contribution in [0.2, 0.25) is 0 Å². The number of alkyl halides is 3. The highest BCUT2D eigenvalue weighted by molar-refractivity contribution is 9.10. The van der Waals surface area contributed by atoms with Crippen LogP contribution < -0.4 is 11.1 Å². The Bertz CT molecular complexity index is 1220. The second kappa shape index (κ2) is 10.9. The minimum atomic E-state index is -5.08. The zero-order valence-electron chi connectivity index (χ0n) is 18.1. The van der Waals surface area contributed by atoms with Crippen LogP contribution in [0.3, 0.4) is 0 Å². The Morgan fingerprint density at radius 1 is 1.20 bits per heavy atom. The number of carbonyl (C=O) groups is 3. The summed E-state index contributed by atoms with van der Waals surface area (Å²) in [5, 5.41) is 17.9. The van der Waals surface area contributed by atoms with Gasteiger partial charge in [-0.05, 0) is 42.3 Å². The fourth-order valence-electron chi connectivity index (χ4n) is 3.45. The lowest BCUT2D eigenvalue weighted by atomic mass is 10.1. The average molecular weight is 556 g/mol. The number of carbonyl (C=O) groups excluding carboxylic acids is 2. The molecule has 1 aliphatic heterocycles. The smallest absolute Gasteiger partial charge is 0.475 e. The molecule has 0 spiro atoms. The van der Waals surface area contributed by atoms with Crippen molar-refractivity contribution in [3.05, 3.63) is 58.7 Å². The summed E-state index contributed by atoms with van der Waals surface area (Å²) in [5.74, 6) is -3.25. The number of fused-ring (bicyclic) bond motifs is 1. The van der Waals surface area contributed by atoms with Gasteiger partial charge in [-0.25, -0.2) is 4.79 Å². The normalized spacial score (nSPS) is 16.4. The SMILES string of the molecule is NC(C(=O)N1CC[C@H](C(=O)Nc2ccc3[nH]ncc3c2)C1)c1ccc(Br)cc1.O=C(O)C(F)(F)F. The van der Waals surface area contributed by atoms with Gasteiger partial charge in [-0.1, -0.05) is 28.1 Å². The molecule has 0 saturated carbocycles. The molecule has 3 aromatic rings. The number of hydrogen-bond donors (Lipinski definition) is 4. The van der Waals surface area contributed by atoms with Crippen LogP contribution in [-0.2, 0) is 14.4 Å². The molecule has 4 rings (SSSR count). The number of aromatic nitrogens is 2. The maximum absolute atomic E-state index is 12.7. The van der Waals surface area contributed by atoms with E-state index in [1.807, 2.05) is 42.5 Å². The van der Waals surface area contributed by atoms with Gasteiger partial charge in [0.1, 0.15) is 6.04 Å². The van der Waals surface area contributed by atoms with Gasteiger partial charge in [0.25, 0.3) is 0 Å². The summed E-state index contributed by atoms with van der Waals surface area (Å²) in [6.07, 6.45) is -2.75. The number of H-pyrrole nitrogens is 1. The number of aliphatic carboxylic acids is 1. The molecule has 2 amide bonds. The third-order valence-corrected chi connectivity index (χ3v) is 5.84. The van der Waals surface area contributed by atoms with Crippen LogP contribution in [0.5, 0.6) is 0 Å². The molecule has 0 radical (unpaired) electrons. The summed E-state index contributed by atoms with van der Waals surface area (Å²) in [6.45, 7) is 0.908. The number of aromatic amines is 1.